The standard InChI is InChI=1S/C20H19N5O2/c1-14-6-5-7-16(10-14)27-20-22-18-9-4-3-8-17(18)19(23-20)24-25-12-15(11-21-25)13-26-2/h3-12H,13H2,1-2H3,(H,22,23,24). The topological polar surface area (TPSA) is 74.1 Å². The monoisotopic (exact) mass is 361 g/mol. The zero-order valence-electron chi connectivity index (χ0n) is 15.1. The fourth-order valence-corrected chi connectivity index (χ4v) is 2.74. The van der Waals surface area contributed by atoms with Gasteiger partial charge in [0.1, 0.15) is 5.75 Å². The molecule has 136 valence electrons. The van der Waals surface area contributed by atoms with E-state index in [1.54, 1.807) is 18.1 Å². The molecule has 7 heteroatoms. The first kappa shape index (κ1) is 17.0. The zero-order chi connectivity index (χ0) is 18.6. The van der Waals surface area contributed by atoms with E-state index in [9.17, 15) is 0 Å². The summed E-state index contributed by atoms with van der Waals surface area (Å²) in [7, 11) is 1.65. The Morgan fingerprint density at radius 1 is 1.07 bits per heavy atom. The Hall–Kier alpha value is -3.45. The van der Waals surface area contributed by atoms with Crippen molar-refractivity contribution in [2.75, 3.05) is 12.5 Å². The Labute approximate surface area is 156 Å². The van der Waals surface area contributed by atoms with Crippen LogP contribution >= 0.6 is 0 Å². The van der Waals surface area contributed by atoms with Gasteiger partial charge in [-0.05, 0) is 36.8 Å². The minimum atomic E-state index is 0.270. The number of methoxy groups -OCH3 is 1. The summed E-state index contributed by atoms with van der Waals surface area (Å²) in [5.41, 5.74) is 6.03. The van der Waals surface area contributed by atoms with Gasteiger partial charge < -0.3 is 9.47 Å². The number of nitrogens with one attached hydrogen (secondary N) is 1. The van der Waals surface area contributed by atoms with Crippen molar-refractivity contribution < 1.29 is 9.47 Å². The lowest BCUT2D eigenvalue weighted by Crippen LogP contribution is -2.12. The van der Waals surface area contributed by atoms with Gasteiger partial charge in [0.15, 0.2) is 5.82 Å². The molecule has 0 atom stereocenters. The van der Waals surface area contributed by atoms with Gasteiger partial charge in [-0.15, -0.1) is 0 Å². The van der Waals surface area contributed by atoms with E-state index in [-0.39, 0.29) is 6.01 Å². The summed E-state index contributed by atoms with van der Waals surface area (Å²) in [6.45, 7) is 2.50. The lowest BCUT2D eigenvalue weighted by Gasteiger charge is -2.11. The predicted molar refractivity (Wildman–Crippen MR) is 103 cm³/mol. The molecule has 2 aromatic heterocycles. The summed E-state index contributed by atoms with van der Waals surface area (Å²) in [6.07, 6.45) is 3.59. The first-order chi connectivity index (χ1) is 13.2. The Morgan fingerprint density at radius 2 is 1.96 bits per heavy atom. The fraction of sp³-hybridized carbons (Fsp3) is 0.150. The second-order valence-electron chi connectivity index (χ2n) is 6.13. The number of fused-ring (bicyclic) bond motifs is 1. The first-order valence-electron chi connectivity index (χ1n) is 8.52. The van der Waals surface area contributed by atoms with Crippen LogP contribution in [0.3, 0.4) is 0 Å². The lowest BCUT2D eigenvalue weighted by molar-refractivity contribution is 0.185. The first-order valence-corrected chi connectivity index (χ1v) is 8.52. The molecule has 0 spiro atoms. The highest BCUT2D eigenvalue weighted by Gasteiger charge is 2.10. The van der Waals surface area contributed by atoms with Gasteiger partial charge in [-0.3, -0.25) is 5.43 Å². The molecule has 4 rings (SSSR count). The maximum atomic E-state index is 5.88. The SMILES string of the molecule is COCc1cnn(Nc2nc(Oc3cccc(C)c3)nc3ccccc23)c1. The van der Waals surface area contributed by atoms with Crippen LogP contribution in [0.1, 0.15) is 11.1 Å². The number of hydrogen-bond donors (Lipinski definition) is 1. The van der Waals surface area contributed by atoms with Crippen LogP contribution in [0, 0.1) is 6.92 Å². The van der Waals surface area contributed by atoms with Gasteiger partial charge >= 0.3 is 6.01 Å². The summed E-state index contributed by atoms with van der Waals surface area (Å²) >= 11 is 0. The highest BCUT2D eigenvalue weighted by Crippen LogP contribution is 2.26. The molecule has 0 saturated carbocycles. The van der Waals surface area contributed by atoms with E-state index < -0.39 is 0 Å². The molecule has 4 aromatic rings. The Bertz CT molecular complexity index is 1080. The third-order valence-corrected chi connectivity index (χ3v) is 3.95. The van der Waals surface area contributed by atoms with Crippen LogP contribution in [-0.2, 0) is 11.3 Å². The highest BCUT2D eigenvalue weighted by molar-refractivity contribution is 5.89. The molecule has 2 aromatic carbocycles. The maximum Gasteiger partial charge on any atom is 0.324 e. The molecular weight excluding hydrogens is 342 g/mol. The number of nitrogens with zero attached hydrogens (tertiary/aromatic N) is 4. The molecule has 0 fully saturated rings. The second kappa shape index (κ2) is 7.43. The van der Waals surface area contributed by atoms with Crippen LogP contribution in [0.2, 0.25) is 0 Å². The van der Waals surface area contributed by atoms with Crippen molar-refractivity contribution in [3.05, 3.63) is 72.1 Å². The van der Waals surface area contributed by atoms with Gasteiger partial charge in [0.05, 0.1) is 24.5 Å². The Balaban J connectivity index is 1.69. The van der Waals surface area contributed by atoms with Crippen LogP contribution in [0.25, 0.3) is 10.9 Å². The van der Waals surface area contributed by atoms with Crippen molar-refractivity contribution in [2.24, 2.45) is 0 Å². The minimum absolute atomic E-state index is 0.270. The molecule has 0 aliphatic heterocycles. The van der Waals surface area contributed by atoms with Gasteiger partial charge in [-0.1, -0.05) is 24.3 Å². The second-order valence-corrected chi connectivity index (χ2v) is 6.13. The molecule has 0 aliphatic carbocycles. The van der Waals surface area contributed by atoms with E-state index in [1.807, 2.05) is 61.7 Å². The summed E-state index contributed by atoms with van der Waals surface area (Å²) in [6, 6.07) is 15.8. The fourth-order valence-electron chi connectivity index (χ4n) is 2.74. The molecular formula is C20H19N5O2. The number of para-hydroxylation sites is 1. The van der Waals surface area contributed by atoms with Gasteiger partial charge in [0, 0.05) is 18.1 Å². The van der Waals surface area contributed by atoms with Crippen LogP contribution < -0.4 is 10.2 Å². The van der Waals surface area contributed by atoms with Crippen LogP contribution in [0.4, 0.5) is 5.82 Å². The Morgan fingerprint density at radius 3 is 2.81 bits per heavy atom. The molecule has 2 heterocycles. The van der Waals surface area contributed by atoms with Crippen LogP contribution in [0.5, 0.6) is 11.8 Å². The van der Waals surface area contributed by atoms with Crippen LogP contribution in [-0.4, -0.2) is 27.0 Å². The van der Waals surface area contributed by atoms with Crippen LogP contribution in [0.15, 0.2) is 60.9 Å². The third-order valence-electron chi connectivity index (χ3n) is 3.95. The minimum Gasteiger partial charge on any atom is -0.424 e. The summed E-state index contributed by atoms with van der Waals surface area (Å²) in [4.78, 5) is 10.7. The number of anilines is 1. The lowest BCUT2D eigenvalue weighted by atomic mass is 10.2. The van der Waals surface area contributed by atoms with E-state index in [0.717, 1.165) is 22.0 Å². The molecule has 0 unspecified atom stereocenters. The Kier molecular flexibility index (Phi) is 4.67. The highest BCUT2D eigenvalue weighted by atomic mass is 16.5. The normalized spacial score (nSPS) is 10.9. The number of aromatic nitrogens is 4. The third kappa shape index (κ3) is 3.88. The summed E-state index contributed by atoms with van der Waals surface area (Å²) in [5, 5.41) is 5.16. The molecule has 27 heavy (non-hydrogen) atoms. The largest absolute Gasteiger partial charge is 0.424 e. The van der Waals surface area contributed by atoms with Crippen molar-refractivity contribution in [2.45, 2.75) is 13.5 Å². The van der Waals surface area contributed by atoms with Gasteiger partial charge in [0.2, 0.25) is 0 Å². The van der Waals surface area contributed by atoms with Crippen molar-refractivity contribution in [3.63, 3.8) is 0 Å². The van der Waals surface area contributed by atoms with Gasteiger partial charge in [-0.25, -0.2) is 0 Å². The molecule has 0 saturated heterocycles. The maximum absolute atomic E-state index is 5.88. The smallest absolute Gasteiger partial charge is 0.324 e. The van der Waals surface area contributed by atoms with Crippen molar-refractivity contribution in [1.29, 1.82) is 0 Å². The molecule has 1 N–H and O–H groups in total. The average Bonchev–Trinajstić information content (AvgIpc) is 3.09. The number of ether oxygens (including phenoxy) is 2. The van der Waals surface area contributed by atoms with Gasteiger partial charge in [-0.2, -0.15) is 19.9 Å². The number of rotatable bonds is 6. The molecule has 0 bridgehead atoms. The number of hydrogen-bond acceptors (Lipinski definition) is 6. The van der Waals surface area contributed by atoms with Crippen molar-refractivity contribution in [1.82, 2.24) is 19.9 Å². The van der Waals surface area contributed by atoms with Crippen molar-refractivity contribution in [3.8, 4) is 11.8 Å². The van der Waals surface area contributed by atoms with E-state index in [4.69, 9.17) is 9.47 Å². The van der Waals surface area contributed by atoms with E-state index in [2.05, 4.69) is 20.5 Å². The van der Waals surface area contributed by atoms with Crippen molar-refractivity contribution >= 4 is 16.7 Å². The van der Waals surface area contributed by atoms with E-state index in [0.29, 0.717) is 18.2 Å². The number of aryl methyl sites for hydroxylation is 1. The predicted octanol–water partition coefficient (Wildman–Crippen LogP) is 3.95. The number of benzene rings is 2. The van der Waals surface area contributed by atoms with E-state index in [1.165, 1.54) is 0 Å². The van der Waals surface area contributed by atoms with Gasteiger partial charge in [0.25, 0.3) is 0 Å². The average molecular weight is 361 g/mol. The summed E-state index contributed by atoms with van der Waals surface area (Å²) in [5.74, 6) is 1.30. The molecule has 0 aliphatic rings. The molecule has 0 amide bonds. The molecule has 0 radical (unpaired) electrons. The zero-order valence-corrected chi connectivity index (χ0v) is 15.1. The molecule has 7 nitrogen and oxygen atoms in total. The summed E-state index contributed by atoms with van der Waals surface area (Å²) < 4.78 is 11.0. The quantitative estimate of drug-likeness (QED) is 0.560. The van der Waals surface area contributed by atoms with E-state index >= 15 is 0 Å².